The Morgan fingerprint density at radius 2 is 0.312 bits per heavy atom. The van der Waals surface area contributed by atoms with E-state index in [0.717, 1.165) is 73.4 Å². The quantitative estimate of drug-likeness (QED) is 0.114. The molecule has 0 radical (unpaired) electrons. The van der Waals surface area contributed by atoms with Crippen LogP contribution in [-0.2, 0) is 0 Å². The van der Waals surface area contributed by atoms with E-state index in [1.807, 2.05) is 0 Å². The SMILES string of the molecule is c1ccc(N(c2ccc(-c3ccc(N(c4ccccc4)c4ccc(-c5ccc6ccccc6c5)cc4)cc3)cc2)c2ccc(-c3ccc(N(c4ccccc4)c4ccc(-c5ccc6ccccc6c5)cc4)cc3)cc2)cc1. The highest BCUT2D eigenvalue weighted by molar-refractivity contribution is 5.90. The summed E-state index contributed by atoms with van der Waals surface area (Å²) in [5.41, 5.74) is 19.3. The Balaban J connectivity index is 0.738. The smallest absolute Gasteiger partial charge is 0.0462 e. The molecule has 13 aromatic rings. The second-order valence-electron chi connectivity index (χ2n) is 19.4. The fourth-order valence-corrected chi connectivity index (χ4v) is 10.6. The largest absolute Gasteiger partial charge is 0.311 e. The highest BCUT2D eigenvalue weighted by atomic mass is 15.2. The maximum Gasteiger partial charge on any atom is 0.0462 e. The molecule has 0 atom stereocenters. The Bertz CT molecular complexity index is 3830. The summed E-state index contributed by atoms with van der Waals surface area (Å²) >= 11 is 0. The Hall–Kier alpha value is -10.2. The van der Waals surface area contributed by atoms with Crippen LogP contribution in [-0.4, -0.2) is 0 Å². The molecule has 364 valence electrons. The van der Waals surface area contributed by atoms with Gasteiger partial charge in [-0.2, -0.15) is 0 Å². The summed E-state index contributed by atoms with van der Waals surface area (Å²) in [6.45, 7) is 0. The van der Waals surface area contributed by atoms with E-state index in [0.29, 0.717) is 0 Å². The second-order valence-corrected chi connectivity index (χ2v) is 19.4. The number of para-hydroxylation sites is 3. The molecule has 0 aliphatic carbocycles. The molecule has 0 aromatic heterocycles. The van der Waals surface area contributed by atoms with Crippen LogP contribution in [0.25, 0.3) is 66.1 Å². The standard InChI is InChI=1S/C74H53N3/c1-4-18-66(19-5-1)75(69-40-28-56(29-41-69)58-32-44-71(45-33-58)76(67-20-6-2-7-21-67)73-48-36-60(37-49-73)64-26-24-54-14-10-12-16-62(54)52-64)70-42-30-57(31-43-70)59-34-46-72(47-35-59)77(68-22-8-3-9-23-68)74-50-38-61(39-51-74)65-27-25-55-15-11-13-17-63(55)53-65/h1-53H. The lowest BCUT2D eigenvalue weighted by atomic mass is 10.0. The molecule has 0 aliphatic rings. The number of hydrogen-bond donors (Lipinski definition) is 0. The summed E-state index contributed by atoms with van der Waals surface area (Å²) in [6.07, 6.45) is 0. The molecule has 3 nitrogen and oxygen atoms in total. The van der Waals surface area contributed by atoms with E-state index in [9.17, 15) is 0 Å². The second kappa shape index (κ2) is 21.0. The minimum atomic E-state index is 1.09. The number of rotatable bonds is 13. The highest BCUT2D eigenvalue weighted by Crippen LogP contribution is 2.41. The molecule has 0 saturated carbocycles. The fourth-order valence-electron chi connectivity index (χ4n) is 10.6. The number of nitrogens with zero attached hydrogens (tertiary/aromatic N) is 3. The van der Waals surface area contributed by atoms with Gasteiger partial charge >= 0.3 is 0 Å². The van der Waals surface area contributed by atoms with E-state index in [1.54, 1.807) is 0 Å². The van der Waals surface area contributed by atoms with Gasteiger partial charge in [0.05, 0.1) is 0 Å². The molecule has 13 aromatic carbocycles. The van der Waals surface area contributed by atoms with Crippen molar-refractivity contribution >= 4 is 72.7 Å². The summed E-state index contributed by atoms with van der Waals surface area (Å²) in [4.78, 5) is 6.97. The first-order valence-electron chi connectivity index (χ1n) is 26.3. The molecular weight excluding hydrogens is 931 g/mol. The van der Waals surface area contributed by atoms with Crippen molar-refractivity contribution < 1.29 is 0 Å². The molecule has 0 saturated heterocycles. The highest BCUT2D eigenvalue weighted by Gasteiger charge is 2.17. The zero-order chi connectivity index (χ0) is 51.3. The molecule has 3 heteroatoms. The molecule has 0 N–H and O–H groups in total. The predicted octanol–water partition coefficient (Wildman–Crippen LogP) is 21.1. The van der Waals surface area contributed by atoms with Crippen LogP contribution in [0.3, 0.4) is 0 Å². The van der Waals surface area contributed by atoms with E-state index in [2.05, 4.69) is 336 Å². The van der Waals surface area contributed by atoms with Crippen molar-refractivity contribution in [2.24, 2.45) is 0 Å². The molecule has 77 heavy (non-hydrogen) atoms. The van der Waals surface area contributed by atoms with Crippen molar-refractivity contribution in [2.75, 3.05) is 14.7 Å². The van der Waals surface area contributed by atoms with Gasteiger partial charge in [0.25, 0.3) is 0 Å². The van der Waals surface area contributed by atoms with Gasteiger partial charge in [0, 0.05) is 51.2 Å². The number of fused-ring (bicyclic) bond motifs is 2. The fraction of sp³-hybridized carbons (Fsp3) is 0. The third kappa shape index (κ3) is 9.74. The monoisotopic (exact) mass is 983 g/mol. The van der Waals surface area contributed by atoms with Crippen LogP contribution in [0.1, 0.15) is 0 Å². The van der Waals surface area contributed by atoms with Gasteiger partial charge in [0.15, 0.2) is 0 Å². The van der Waals surface area contributed by atoms with Gasteiger partial charge in [-0.25, -0.2) is 0 Å². The number of hydrogen-bond acceptors (Lipinski definition) is 3. The van der Waals surface area contributed by atoms with Gasteiger partial charge < -0.3 is 14.7 Å². The van der Waals surface area contributed by atoms with Gasteiger partial charge in [0.1, 0.15) is 0 Å². The Morgan fingerprint density at radius 1 is 0.130 bits per heavy atom. The number of benzene rings is 13. The van der Waals surface area contributed by atoms with E-state index in [-0.39, 0.29) is 0 Å². The van der Waals surface area contributed by atoms with Crippen molar-refractivity contribution in [3.8, 4) is 44.5 Å². The van der Waals surface area contributed by atoms with Crippen LogP contribution in [0.2, 0.25) is 0 Å². The molecular formula is C74H53N3. The predicted molar refractivity (Wildman–Crippen MR) is 327 cm³/mol. The summed E-state index contributed by atoms with van der Waals surface area (Å²) in [6, 6.07) is 116. The molecule has 0 bridgehead atoms. The van der Waals surface area contributed by atoms with E-state index in [4.69, 9.17) is 0 Å². The van der Waals surface area contributed by atoms with Crippen molar-refractivity contribution in [3.05, 3.63) is 322 Å². The lowest BCUT2D eigenvalue weighted by Crippen LogP contribution is -2.10. The number of anilines is 9. The Labute approximate surface area is 451 Å². The van der Waals surface area contributed by atoms with Crippen LogP contribution >= 0.6 is 0 Å². The molecule has 0 heterocycles. The minimum Gasteiger partial charge on any atom is -0.311 e. The van der Waals surface area contributed by atoms with Crippen LogP contribution in [0, 0.1) is 0 Å². The first-order valence-corrected chi connectivity index (χ1v) is 26.3. The van der Waals surface area contributed by atoms with E-state index < -0.39 is 0 Å². The van der Waals surface area contributed by atoms with Crippen molar-refractivity contribution in [1.82, 2.24) is 0 Å². The van der Waals surface area contributed by atoms with E-state index in [1.165, 1.54) is 43.8 Å². The summed E-state index contributed by atoms with van der Waals surface area (Å²) in [5.74, 6) is 0. The average molecular weight is 984 g/mol. The third-order valence-corrected chi connectivity index (χ3v) is 14.6. The molecule has 13 rings (SSSR count). The lowest BCUT2D eigenvalue weighted by Gasteiger charge is -2.26. The lowest BCUT2D eigenvalue weighted by molar-refractivity contribution is 1.28. The van der Waals surface area contributed by atoms with Crippen molar-refractivity contribution in [2.45, 2.75) is 0 Å². The molecule has 0 aliphatic heterocycles. The maximum absolute atomic E-state index is 2.33. The van der Waals surface area contributed by atoms with Gasteiger partial charge in [0.2, 0.25) is 0 Å². The van der Waals surface area contributed by atoms with E-state index >= 15 is 0 Å². The van der Waals surface area contributed by atoms with Crippen LogP contribution in [0.4, 0.5) is 51.2 Å². The first-order chi connectivity index (χ1) is 38.1. The van der Waals surface area contributed by atoms with Crippen molar-refractivity contribution in [3.63, 3.8) is 0 Å². The molecule has 0 spiro atoms. The van der Waals surface area contributed by atoms with Crippen LogP contribution < -0.4 is 14.7 Å². The maximum atomic E-state index is 2.33. The van der Waals surface area contributed by atoms with Crippen molar-refractivity contribution in [1.29, 1.82) is 0 Å². The molecule has 0 unspecified atom stereocenters. The van der Waals surface area contributed by atoms with Gasteiger partial charge in [-0.15, -0.1) is 0 Å². The Kier molecular flexibility index (Phi) is 12.7. The van der Waals surface area contributed by atoms with Gasteiger partial charge in [-0.3, -0.25) is 0 Å². The summed E-state index contributed by atoms with van der Waals surface area (Å²) in [5, 5.41) is 4.99. The Morgan fingerprint density at radius 3 is 0.558 bits per heavy atom. The minimum absolute atomic E-state index is 1.09. The summed E-state index contributed by atoms with van der Waals surface area (Å²) in [7, 11) is 0. The van der Waals surface area contributed by atoms with Gasteiger partial charge in [-0.1, -0.05) is 200 Å². The molecule has 0 amide bonds. The van der Waals surface area contributed by atoms with Gasteiger partial charge in [-0.05, 0) is 187 Å². The van der Waals surface area contributed by atoms with Crippen LogP contribution in [0.5, 0.6) is 0 Å². The average Bonchev–Trinajstić information content (AvgIpc) is 3.51. The molecule has 0 fully saturated rings. The third-order valence-electron chi connectivity index (χ3n) is 14.6. The first kappa shape index (κ1) is 46.6. The van der Waals surface area contributed by atoms with Crippen LogP contribution in [0.15, 0.2) is 322 Å². The normalized spacial score (nSPS) is 11.1. The zero-order valence-corrected chi connectivity index (χ0v) is 42.4. The topological polar surface area (TPSA) is 9.72 Å². The summed E-state index contributed by atoms with van der Waals surface area (Å²) < 4.78 is 0. The zero-order valence-electron chi connectivity index (χ0n) is 42.4.